The highest BCUT2D eigenvalue weighted by atomic mass is 16.4. The van der Waals surface area contributed by atoms with Crippen molar-refractivity contribution >= 4 is 5.97 Å². The van der Waals surface area contributed by atoms with E-state index in [1.54, 1.807) is 0 Å². The van der Waals surface area contributed by atoms with Crippen LogP contribution in [0.15, 0.2) is 35.7 Å². The van der Waals surface area contributed by atoms with Crippen molar-refractivity contribution in [2.45, 2.75) is 134 Å². The fourth-order valence-electron chi connectivity index (χ4n) is 7.78. The third kappa shape index (κ3) is 10.9. The van der Waals surface area contributed by atoms with Gasteiger partial charge in [-0.05, 0) is 93.6 Å². The van der Waals surface area contributed by atoms with Crippen LogP contribution in [0.3, 0.4) is 0 Å². The van der Waals surface area contributed by atoms with Crippen molar-refractivity contribution in [3.63, 3.8) is 0 Å². The number of allylic oxidation sites excluding steroid dienone is 3. The average Bonchev–Trinajstić information content (AvgIpc) is 3.21. The van der Waals surface area contributed by atoms with Crippen molar-refractivity contribution < 1.29 is 35.4 Å². The first kappa shape index (κ1) is 36.6. The Kier molecular flexibility index (Phi) is 15.2. The maximum absolute atomic E-state index is 12.1. The summed E-state index contributed by atoms with van der Waals surface area (Å²) in [5.41, 5.74) is 5.55. The number of hydrogen-bond acceptors (Lipinski definition) is 8. The van der Waals surface area contributed by atoms with E-state index in [1.165, 1.54) is 19.3 Å². The first-order valence-corrected chi connectivity index (χ1v) is 17.3. The molecule has 2 aliphatic carbocycles. The Morgan fingerprint density at radius 3 is 2.52 bits per heavy atom. The Morgan fingerprint density at radius 1 is 1.07 bits per heavy atom. The quantitative estimate of drug-likeness (QED) is 0.0734. The van der Waals surface area contributed by atoms with Crippen molar-refractivity contribution in [2.24, 2.45) is 35.3 Å². The van der Waals surface area contributed by atoms with Crippen LogP contribution >= 0.6 is 0 Å². The molecule has 0 radical (unpaired) electrons. The smallest absolute Gasteiger partial charge is 0.309 e. The third-order valence-electron chi connectivity index (χ3n) is 10.4. The lowest BCUT2D eigenvalue weighted by Gasteiger charge is -2.30. The number of unbranched alkanes of at least 4 members (excludes halogenated alkanes) is 4. The molecule has 0 amide bonds. The lowest BCUT2D eigenvalue weighted by Crippen LogP contribution is -2.41. The zero-order valence-corrected chi connectivity index (χ0v) is 26.8. The highest BCUT2D eigenvalue weighted by Crippen LogP contribution is 2.47. The number of nitrogens with one attached hydrogen (secondary N) is 1. The Labute approximate surface area is 264 Å². The van der Waals surface area contributed by atoms with Crippen molar-refractivity contribution in [2.75, 3.05) is 13.2 Å². The number of dihydropyridines is 1. The molecule has 3 aliphatic rings. The van der Waals surface area contributed by atoms with E-state index in [0.717, 1.165) is 37.7 Å². The number of aliphatic hydroxyl groups is 5. The van der Waals surface area contributed by atoms with Gasteiger partial charge < -0.3 is 41.7 Å². The minimum atomic E-state index is -1.43. The zero-order valence-electron chi connectivity index (χ0n) is 26.8. The minimum absolute atomic E-state index is 0.00434. The van der Waals surface area contributed by atoms with E-state index >= 15 is 0 Å². The van der Waals surface area contributed by atoms with Crippen LogP contribution in [0.25, 0.3) is 0 Å². The molecule has 0 aromatic rings. The van der Waals surface area contributed by atoms with Crippen LogP contribution in [0.1, 0.15) is 110 Å². The van der Waals surface area contributed by atoms with Gasteiger partial charge in [-0.2, -0.15) is 0 Å². The van der Waals surface area contributed by atoms with Crippen LogP contribution in [0.5, 0.6) is 0 Å². The SMILES string of the molecule is CCCCC[C@@H]1C=C[C@@H](CCCCC[C@H](C(=O)O)[C@H](O)CC[C@]2(O)C[C@@H](CC3=CCNC(N)=C3)[C@H](CCCO)[C@H]2O)[C@H](O)C1. The van der Waals surface area contributed by atoms with Gasteiger partial charge in [0.1, 0.15) is 0 Å². The van der Waals surface area contributed by atoms with E-state index in [2.05, 4.69) is 24.4 Å². The van der Waals surface area contributed by atoms with Crippen LogP contribution in [-0.4, -0.2) is 73.7 Å². The molecule has 0 aromatic heterocycles. The highest BCUT2D eigenvalue weighted by molar-refractivity contribution is 5.70. The van der Waals surface area contributed by atoms with Crippen LogP contribution in [-0.2, 0) is 4.79 Å². The van der Waals surface area contributed by atoms with Gasteiger partial charge >= 0.3 is 5.97 Å². The molecule has 1 fully saturated rings. The molecule has 1 aliphatic heterocycles. The molecule has 1 heterocycles. The zero-order chi connectivity index (χ0) is 32.1. The molecule has 9 N–H and O–H groups in total. The van der Waals surface area contributed by atoms with Crippen LogP contribution in [0.2, 0.25) is 0 Å². The fourth-order valence-corrected chi connectivity index (χ4v) is 7.78. The summed E-state index contributed by atoms with van der Waals surface area (Å²) in [5.74, 6) is -1.01. The number of aliphatic carboxylic acids is 1. The molecule has 1 saturated carbocycles. The summed E-state index contributed by atoms with van der Waals surface area (Å²) in [5, 5.41) is 66.6. The molecule has 9 nitrogen and oxygen atoms in total. The molecule has 3 rings (SSSR count). The van der Waals surface area contributed by atoms with Gasteiger partial charge in [0.15, 0.2) is 0 Å². The summed E-state index contributed by atoms with van der Waals surface area (Å²) in [7, 11) is 0. The maximum Gasteiger partial charge on any atom is 0.309 e. The Bertz CT molecular complexity index is 969. The highest BCUT2D eigenvalue weighted by Gasteiger charge is 2.51. The lowest BCUT2D eigenvalue weighted by atomic mass is 9.81. The van der Waals surface area contributed by atoms with E-state index in [-0.39, 0.29) is 43.3 Å². The summed E-state index contributed by atoms with van der Waals surface area (Å²) in [6.45, 7) is 2.83. The normalized spacial score (nSPS) is 31.7. The van der Waals surface area contributed by atoms with Crippen molar-refractivity contribution in [1.29, 1.82) is 0 Å². The lowest BCUT2D eigenvalue weighted by molar-refractivity contribution is -0.147. The van der Waals surface area contributed by atoms with Gasteiger partial charge in [0, 0.05) is 19.1 Å². The maximum atomic E-state index is 12.1. The number of carboxylic acids is 1. The van der Waals surface area contributed by atoms with Gasteiger partial charge in [-0.15, -0.1) is 0 Å². The molecule has 9 heteroatoms. The number of rotatable bonds is 20. The van der Waals surface area contributed by atoms with Crippen molar-refractivity contribution in [3.8, 4) is 0 Å². The Morgan fingerprint density at radius 2 is 1.84 bits per heavy atom. The van der Waals surface area contributed by atoms with Gasteiger partial charge in [0.05, 0.1) is 35.7 Å². The third-order valence-corrected chi connectivity index (χ3v) is 10.4. The van der Waals surface area contributed by atoms with E-state index < -0.39 is 29.7 Å². The van der Waals surface area contributed by atoms with E-state index in [0.29, 0.717) is 56.8 Å². The molecule has 252 valence electrons. The summed E-state index contributed by atoms with van der Waals surface area (Å²) < 4.78 is 0. The number of aliphatic hydroxyl groups excluding tert-OH is 4. The second kappa shape index (κ2) is 18.3. The van der Waals surface area contributed by atoms with Crippen molar-refractivity contribution in [3.05, 3.63) is 35.7 Å². The van der Waals surface area contributed by atoms with Gasteiger partial charge in [0.25, 0.3) is 0 Å². The molecule has 0 spiro atoms. The van der Waals surface area contributed by atoms with Gasteiger partial charge in [-0.25, -0.2) is 0 Å². The summed E-state index contributed by atoms with van der Waals surface area (Å²) in [6.07, 6.45) is 17.4. The molecule has 0 unspecified atom stereocenters. The largest absolute Gasteiger partial charge is 0.481 e. The second-order valence-corrected chi connectivity index (χ2v) is 13.8. The summed E-state index contributed by atoms with van der Waals surface area (Å²) in [6, 6.07) is 0. The molecular formula is C35H60N2O7. The van der Waals surface area contributed by atoms with Crippen LogP contribution in [0, 0.1) is 29.6 Å². The second-order valence-electron chi connectivity index (χ2n) is 13.8. The predicted molar refractivity (Wildman–Crippen MR) is 172 cm³/mol. The number of nitrogens with two attached hydrogens (primary N) is 1. The fraction of sp³-hybridized carbons (Fsp3) is 0.800. The predicted octanol–water partition coefficient (Wildman–Crippen LogP) is 4.13. The first-order chi connectivity index (χ1) is 21.1. The molecule has 44 heavy (non-hydrogen) atoms. The molecule has 0 saturated heterocycles. The number of hydrogen-bond donors (Lipinski definition) is 8. The standard InChI is InChI=1S/C35H60N2O7/c1-2-3-5-9-24-13-14-26(31(40)21-24)10-6-4-7-11-29(34(42)43)30(39)15-17-35(44)23-27(28(33(35)41)12-8-19-38)20-25-16-18-37-32(36)22-25/h13-14,16,22,24,26-31,33,37-41,44H,2-12,15,17-21,23,36H2,1H3,(H,42,43)/t24-,26-,27-,28+,29+,30-,31-,33-,35+/m1/s1. The molecule has 0 bridgehead atoms. The van der Waals surface area contributed by atoms with Gasteiger partial charge in [0.2, 0.25) is 0 Å². The monoisotopic (exact) mass is 620 g/mol. The van der Waals surface area contributed by atoms with Gasteiger partial charge in [-0.3, -0.25) is 4.79 Å². The Hall–Kier alpha value is -1.91. The van der Waals surface area contributed by atoms with E-state index in [4.69, 9.17) is 5.73 Å². The molecular weight excluding hydrogens is 560 g/mol. The van der Waals surface area contributed by atoms with E-state index in [1.807, 2.05) is 12.2 Å². The minimum Gasteiger partial charge on any atom is -0.481 e. The molecule has 0 aromatic carbocycles. The topological polar surface area (TPSA) is 176 Å². The van der Waals surface area contributed by atoms with E-state index in [9.17, 15) is 35.4 Å². The summed E-state index contributed by atoms with van der Waals surface area (Å²) >= 11 is 0. The first-order valence-electron chi connectivity index (χ1n) is 17.3. The number of carboxylic acid groups (broad SMARTS) is 1. The van der Waals surface area contributed by atoms with Crippen LogP contribution < -0.4 is 11.1 Å². The average molecular weight is 621 g/mol. The summed E-state index contributed by atoms with van der Waals surface area (Å²) in [4.78, 5) is 12.1. The Balaban J connectivity index is 1.46. The van der Waals surface area contributed by atoms with Crippen LogP contribution in [0.4, 0.5) is 0 Å². The molecule has 9 atom stereocenters. The van der Waals surface area contributed by atoms with Crippen molar-refractivity contribution in [1.82, 2.24) is 5.32 Å². The van der Waals surface area contributed by atoms with Gasteiger partial charge in [-0.1, -0.05) is 63.7 Å². The number of carbonyl (C=O) groups is 1.